The van der Waals surface area contributed by atoms with Crippen molar-refractivity contribution in [3.05, 3.63) is 0 Å². The Morgan fingerprint density at radius 2 is 2.18 bits per heavy atom. The van der Waals surface area contributed by atoms with Crippen LogP contribution in [0.5, 0.6) is 0 Å². The second-order valence-corrected chi connectivity index (χ2v) is 4.72. The van der Waals surface area contributed by atoms with Crippen molar-refractivity contribution >= 4 is 13.6 Å². The second kappa shape index (κ2) is 5.37. The van der Waals surface area contributed by atoms with Crippen LogP contribution in [-0.4, -0.2) is 26.2 Å². The normalized spacial score (nSPS) is 15.4. The Morgan fingerprint density at radius 1 is 1.55 bits per heavy atom. The van der Waals surface area contributed by atoms with Crippen LogP contribution in [0.1, 0.15) is 13.3 Å². The number of nitrogens with zero attached hydrogens (tertiary/aromatic N) is 1. The van der Waals surface area contributed by atoms with Crippen LogP contribution in [0.15, 0.2) is 0 Å². The van der Waals surface area contributed by atoms with Gasteiger partial charge in [-0.3, -0.25) is 0 Å². The smallest absolute Gasteiger partial charge is 0.114 e. The van der Waals surface area contributed by atoms with Gasteiger partial charge in [-0.2, -0.15) is 5.26 Å². The summed E-state index contributed by atoms with van der Waals surface area (Å²) >= 11 is 0. The highest BCUT2D eigenvalue weighted by Crippen LogP contribution is 2.42. The van der Waals surface area contributed by atoms with Crippen molar-refractivity contribution in [3.8, 4) is 6.07 Å². The fourth-order valence-corrected chi connectivity index (χ4v) is 1.69. The van der Waals surface area contributed by atoms with E-state index in [-0.39, 0.29) is 0 Å². The molecule has 0 aromatic carbocycles. The van der Waals surface area contributed by atoms with Gasteiger partial charge in [0, 0.05) is 6.66 Å². The highest BCUT2D eigenvalue weighted by Gasteiger charge is 2.05. The number of nitriles is 1. The maximum absolute atomic E-state index is 8.21. The van der Waals surface area contributed by atoms with Gasteiger partial charge in [-0.15, -0.1) is 0 Å². The van der Waals surface area contributed by atoms with Crippen molar-refractivity contribution in [2.75, 3.05) is 19.9 Å². The van der Waals surface area contributed by atoms with E-state index in [4.69, 9.17) is 14.3 Å². The molecule has 0 aliphatic heterocycles. The van der Waals surface area contributed by atoms with Gasteiger partial charge < -0.3 is 9.05 Å². The zero-order valence-electron chi connectivity index (χ0n) is 7.04. The van der Waals surface area contributed by atoms with Crippen LogP contribution in [0.25, 0.3) is 0 Å². The van der Waals surface area contributed by atoms with E-state index in [1.807, 2.05) is 19.7 Å². The van der Waals surface area contributed by atoms with Crippen LogP contribution >= 0.6 is 7.34 Å². The molecule has 0 fully saturated rings. The Labute approximate surface area is 68.1 Å². The zero-order valence-corrected chi connectivity index (χ0v) is 7.93. The molecule has 0 aliphatic carbocycles. The van der Waals surface area contributed by atoms with Crippen molar-refractivity contribution in [2.24, 2.45) is 0 Å². The highest BCUT2D eigenvalue weighted by molar-refractivity contribution is 7.63. The molecular weight excluding hydrogens is 161 g/mol. The van der Waals surface area contributed by atoms with E-state index in [1.54, 1.807) is 0 Å². The van der Waals surface area contributed by atoms with E-state index in [0.717, 1.165) is 0 Å². The summed E-state index contributed by atoms with van der Waals surface area (Å²) in [6, 6.07) is 1.99. The van der Waals surface area contributed by atoms with Crippen LogP contribution in [0.2, 0.25) is 0 Å². The predicted octanol–water partition coefficient (Wildman–Crippen LogP) is 1.86. The van der Waals surface area contributed by atoms with E-state index in [2.05, 4.69) is 6.30 Å². The van der Waals surface area contributed by atoms with E-state index < -0.39 is 7.34 Å². The van der Waals surface area contributed by atoms with Gasteiger partial charge in [0.1, 0.15) is 7.34 Å². The molecule has 0 aliphatic rings. The highest BCUT2D eigenvalue weighted by atomic mass is 31.2. The third-order valence-electron chi connectivity index (χ3n) is 0.980. The number of hydrogen-bond acceptors (Lipinski definition) is 3. The van der Waals surface area contributed by atoms with Crippen LogP contribution in [-0.2, 0) is 9.05 Å². The lowest BCUT2D eigenvalue weighted by molar-refractivity contribution is 0.263. The Bertz CT molecular complexity index is 185. The minimum Gasteiger partial charge on any atom is -0.338 e. The summed E-state index contributed by atoms with van der Waals surface area (Å²) in [5, 5.41) is 8.21. The predicted molar refractivity (Wildman–Crippen MR) is 47.8 cm³/mol. The summed E-state index contributed by atoms with van der Waals surface area (Å²) in [7, 11) is -1.87. The van der Waals surface area contributed by atoms with Crippen LogP contribution in [0.3, 0.4) is 0 Å². The van der Waals surface area contributed by atoms with Crippen molar-refractivity contribution in [1.29, 1.82) is 5.26 Å². The molecule has 0 radical (unpaired) electrons. The van der Waals surface area contributed by atoms with E-state index >= 15 is 0 Å². The molecule has 0 bridgehead atoms. The first-order valence-corrected chi connectivity index (χ1v) is 5.75. The Kier molecular flexibility index (Phi) is 5.23. The lowest BCUT2D eigenvalue weighted by Gasteiger charge is -2.17. The van der Waals surface area contributed by atoms with E-state index in [9.17, 15) is 0 Å². The topological polar surface area (TPSA) is 42.2 Å². The monoisotopic (exact) mass is 175 g/mol. The first-order chi connectivity index (χ1) is 5.12. The molecule has 0 aromatic rings. The maximum Gasteiger partial charge on any atom is 0.114 e. The third kappa shape index (κ3) is 6.12. The molecule has 3 nitrogen and oxygen atoms in total. The second-order valence-electron chi connectivity index (χ2n) is 2.17. The summed E-state index contributed by atoms with van der Waals surface area (Å²) in [6.45, 7) is 4.77. The van der Waals surface area contributed by atoms with Gasteiger partial charge in [0.2, 0.25) is 0 Å². The zero-order chi connectivity index (χ0) is 8.74. The maximum atomic E-state index is 8.21. The summed E-state index contributed by atoms with van der Waals surface area (Å²) in [4.78, 5) is 0. The summed E-state index contributed by atoms with van der Waals surface area (Å²) in [5.74, 6) is 0. The Morgan fingerprint density at radius 3 is 2.64 bits per heavy atom. The molecule has 1 unspecified atom stereocenters. The average Bonchev–Trinajstić information content (AvgIpc) is 1.87. The first-order valence-electron chi connectivity index (χ1n) is 3.49. The lowest BCUT2D eigenvalue weighted by atomic mass is 10.5. The molecule has 0 spiro atoms. The molecule has 4 heteroatoms. The van der Waals surface area contributed by atoms with Crippen LogP contribution in [0.4, 0.5) is 0 Å². The van der Waals surface area contributed by atoms with E-state index in [1.165, 1.54) is 0 Å². The van der Waals surface area contributed by atoms with Crippen molar-refractivity contribution in [2.45, 2.75) is 13.3 Å². The fraction of sp³-hybridized carbons (Fsp3) is 0.714. The molecule has 64 valence electrons. The van der Waals surface area contributed by atoms with E-state index in [0.29, 0.717) is 19.6 Å². The largest absolute Gasteiger partial charge is 0.338 e. The summed E-state index contributed by atoms with van der Waals surface area (Å²) in [5.41, 5.74) is 0. The van der Waals surface area contributed by atoms with Crippen LogP contribution in [0, 0.1) is 11.3 Å². The molecule has 0 saturated carbocycles. The lowest BCUT2D eigenvalue weighted by Crippen LogP contribution is -1.95. The van der Waals surface area contributed by atoms with Gasteiger partial charge in [0.15, 0.2) is 0 Å². The van der Waals surface area contributed by atoms with Crippen LogP contribution < -0.4 is 0 Å². The minimum absolute atomic E-state index is 0.401. The third-order valence-corrected chi connectivity index (χ3v) is 2.51. The molecule has 0 aromatic heterocycles. The van der Waals surface area contributed by atoms with Gasteiger partial charge in [-0.05, 0) is 6.92 Å². The summed E-state index contributed by atoms with van der Waals surface area (Å²) < 4.78 is 10.5. The quantitative estimate of drug-likeness (QED) is 0.473. The van der Waals surface area contributed by atoms with Gasteiger partial charge in [-0.25, -0.2) is 0 Å². The SMILES string of the molecule is C=P(C)(OCC)OCCC#N. The molecule has 0 heterocycles. The Hall–Kier alpha value is -0.290. The van der Waals surface area contributed by atoms with Gasteiger partial charge in [0.25, 0.3) is 0 Å². The molecule has 0 saturated heterocycles. The molecule has 0 rings (SSSR count). The summed E-state index contributed by atoms with van der Waals surface area (Å²) in [6.07, 6.45) is 4.19. The molecule has 1 atom stereocenters. The van der Waals surface area contributed by atoms with Crippen molar-refractivity contribution < 1.29 is 9.05 Å². The molecule has 11 heavy (non-hydrogen) atoms. The average molecular weight is 175 g/mol. The fourth-order valence-electron chi connectivity index (χ4n) is 0.595. The standard InChI is InChI=1S/C7H14NO2P/c1-4-9-11(2,3)10-7-5-6-8/h2,4-5,7H2,1,3H3. The number of rotatable bonds is 5. The molecule has 0 N–H and O–H groups in total. The van der Waals surface area contributed by atoms with Crippen molar-refractivity contribution in [1.82, 2.24) is 0 Å². The first kappa shape index (κ1) is 10.7. The number of hydrogen-bond donors (Lipinski definition) is 0. The van der Waals surface area contributed by atoms with Crippen molar-refractivity contribution in [3.63, 3.8) is 0 Å². The molecular formula is C7H14NO2P. The van der Waals surface area contributed by atoms with Gasteiger partial charge in [-0.1, -0.05) is 6.30 Å². The van der Waals surface area contributed by atoms with Gasteiger partial charge in [0.05, 0.1) is 25.7 Å². The minimum atomic E-state index is -1.87. The Balaban J connectivity index is 3.57. The molecule has 0 amide bonds. The van der Waals surface area contributed by atoms with Gasteiger partial charge >= 0.3 is 0 Å².